The second-order valence-corrected chi connectivity index (χ2v) is 3.89. The standard InChI is InChI=1S/C9H11BrFNO2/c1-4(3-12)5-2-6(11)9(14)7(10)8(5)13/h2,4,13-14H,3,12H2,1H3. The van der Waals surface area contributed by atoms with E-state index in [4.69, 9.17) is 10.8 Å². The summed E-state index contributed by atoms with van der Waals surface area (Å²) in [5.74, 6) is -1.69. The van der Waals surface area contributed by atoms with Gasteiger partial charge in [0.2, 0.25) is 0 Å². The molecule has 0 spiro atoms. The van der Waals surface area contributed by atoms with Crippen LogP contribution in [0.15, 0.2) is 10.5 Å². The quantitative estimate of drug-likeness (QED) is 0.766. The zero-order valence-corrected chi connectivity index (χ0v) is 9.18. The summed E-state index contributed by atoms with van der Waals surface area (Å²) in [4.78, 5) is 0. The van der Waals surface area contributed by atoms with Crippen LogP contribution < -0.4 is 5.73 Å². The average molecular weight is 264 g/mol. The fourth-order valence-electron chi connectivity index (χ4n) is 1.12. The number of phenols is 2. The molecule has 5 heteroatoms. The maximum Gasteiger partial charge on any atom is 0.169 e. The van der Waals surface area contributed by atoms with Gasteiger partial charge in [0.05, 0.1) is 0 Å². The summed E-state index contributed by atoms with van der Waals surface area (Å²) in [5.41, 5.74) is 5.78. The number of nitrogens with two attached hydrogens (primary N) is 1. The molecule has 1 unspecified atom stereocenters. The van der Waals surface area contributed by atoms with E-state index in [2.05, 4.69) is 15.9 Å². The monoisotopic (exact) mass is 263 g/mol. The first-order valence-corrected chi connectivity index (χ1v) is 4.88. The van der Waals surface area contributed by atoms with Crippen molar-refractivity contribution in [2.24, 2.45) is 5.73 Å². The van der Waals surface area contributed by atoms with E-state index in [0.29, 0.717) is 12.1 Å². The van der Waals surface area contributed by atoms with Crippen LogP contribution in [0.1, 0.15) is 18.4 Å². The normalized spacial score (nSPS) is 12.9. The largest absolute Gasteiger partial charge is 0.506 e. The second-order valence-electron chi connectivity index (χ2n) is 3.10. The molecule has 1 aromatic carbocycles. The highest BCUT2D eigenvalue weighted by molar-refractivity contribution is 9.10. The minimum Gasteiger partial charge on any atom is -0.506 e. The summed E-state index contributed by atoms with van der Waals surface area (Å²) >= 11 is 2.90. The number of phenolic OH excluding ortho intramolecular Hbond substituents is 2. The van der Waals surface area contributed by atoms with Gasteiger partial charge in [-0.2, -0.15) is 0 Å². The van der Waals surface area contributed by atoms with Gasteiger partial charge in [-0.05, 0) is 34.5 Å². The van der Waals surface area contributed by atoms with E-state index in [0.717, 1.165) is 6.07 Å². The third kappa shape index (κ3) is 1.83. The highest BCUT2D eigenvalue weighted by atomic mass is 79.9. The molecule has 78 valence electrons. The molecule has 0 saturated carbocycles. The molecule has 14 heavy (non-hydrogen) atoms. The molecule has 0 aromatic heterocycles. The molecule has 1 rings (SSSR count). The second kappa shape index (κ2) is 4.14. The molecule has 0 aliphatic heterocycles. The van der Waals surface area contributed by atoms with Crippen molar-refractivity contribution in [3.05, 3.63) is 21.9 Å². The maximum absolute atomic E-state index is 13.1. The molecule has 0 heterocycles. The topological polar surface area (TPSA) is 66.5 Å². The van der Waals surface area contributed by atoms with E-state index in [1.54, 1.807) is 6.92 Å². The number of rotatable bonds is 2. The Bertz CT molecular complexity index is 357. The van der Waals surface area contributed by atoms with Gasteiger partial charge in [0.15, 0.2) is 11.6 Å². The van der Waals surface area contributed by atoms with Gasteiger partial charge in [0.25, 0.3) is 0 Å². The number of aromatic hydroxyl groups is 2. The number of halogens is 2. The summed E-state index contributed by atoms with van der Waals surface area (Å²) in [6.45, 7) is 2.06. The number of benzene rings is 1. The van der Waals surface area contributed by atoms with Crippen LogP contribution in [0, 0.1) is 5.82 Å². The summed E-state index contributed by atoms with van der Waals surface area (Å²) < 4.78 is 13.1. The zero-order chi connectivity index (χ0) is 10.9. The molecular formula is C9H11BrFNO2. The molecule has 1 atom stereocenters. The van der Waals surface area contributed by atoms with Gasteiger partial charge in [-0.15, -0.1) is 0 Å². The molecule has 0 bridgehead atoms. The fraction of sp³-hybridized carbons (Fsp3) is 0.333. The van der Waals surface area contributed by atoms with E-state index in [1.807, 2.05) is 0 Å². The lowest BCUT2D eigenvalue weighted by molar-refractivity contribution is 0.408. The maximum atomic E-state index is 13.1. The van der Waals surface area contributed by atoms with Crippen molar-refractivity contribution < 1.29 is 14.6 Å². The molecule has 3 nitrogen and oxygen atoms in total. The SMILES string of the molecule is CC(CN)c1cc(F)c(O)c(Br)c1O. The average Bonchev–Trinajstić information content (AvgIpc) is 2.19. The van der Waals surface area contributed by atoms with Gasteiger partial charge in [-0.1, -0.05) is 6.92 Å². The Labute approximate surface area is 89.5 Å². The number of hydrogen-bond acceptors (Lipinski definition) is 3. The lowest BCUT2D eigenvalue weighted by Crippen LogP contribution is -2.09. The molecule has 0 amide bonds. The van der Waals surface area contributed by atoms with E-state index in [1.165, 1.54) is 0 Å². The Kier molecular flexibility index (Phi) is 3.34. The third-order valence-electron chi connectivity index (χ3n) is 2.08. The predicted molar refractivity (Wildman–Crippen MR) is 54.9 cm³/mol. The highest BCUT2D eigenvalue weighted by Gasteiger charge is 2.18. The van der Waals surface area contributed by atoms with Crippen LogP contribution in [-0.2, 0) is 0 Å². The molecule has 0 fully saturated rings. The molecule has 0 aliphatic carbocycles. The van der Waals surface area contributed by atoms with Crippen LogP contribution in [0.5, 0.6) is 11.5 Å². The third-order valence-corrected chi connectivity index (χ3v) is 2.83. The molecule has 1 aromatic rings. The Hall–Kier alpha value is -0.810. The lowest BCUT2D eigenvalue weighted by Gasteiger charge is -2.13. The van der Waals surface area contributed by atoms with Gasteiger partial charge >= 0.3 is 0 Å². The molecule has 0 aliphatic rings. The van der Waals surface area contributed by atoms with E-state index < -0.39 is 11.6 Å². The van der Waals surface area contributed by atoms with Crippen LogP contribution >= 0.6 is 15.9 Å². The van der Waals surface area contributed by atoms with Crippen LogP contribution in [0.25, 0.3) is 0 Å². The molecular weight excluding hydrogens is 253 g/mol. The van der Waals surface area contributed by atoms with Crippen molar-refractivity contribution in [2.75, 3.05) is 6.54 Å². The van der Waals surface area contributed by atoms with Crippen molar-refractivity contribution >= 4 is 15.9 Å². The van der Waals surface area contributed by atoms with Crippen LogP contribution in [0.4, 0.5) is 4.39 Å². The first kappa shape index (κ1) is 11.3. The number of hydrogen-bond donors (Lipinski definition) is 3. The smallest absolute Gasteiger partial charge is 0.169 e. The minimum atomic E-state index is -0.773. The molecule has 4 N–H and O–H groups in total. The van der Waals surface area contributed by atoms with E-state index >= 15 is 0 Å². The molecule has 0 radical (unpaired) electrons. The van der Waals surface area contributed by atoms with Crippen molar-refractivity contribution in [2.45, 2.75) is 12.8 Å². The van der Waals surface area contributed by atoms with Gasteiger partial charge in [0.1, 0.15) is 10.2 Å². The van der Waals surface area contributed by atoms with Gasteiger partial charge in [-0.3, -0.25) is 0 Å². The van der Waals surface area contributed by atoms with E-state index in [-0.39, 0.29) is 16.1 Å². The van der Waals surface area contributed by atoms with Gasteiger partial charge < -0.3 is 15.9 Å². The van der Waals surface area contributed by atoms with Crippen LogP contribution in [-0.4, -0.2) is 16.8 Å². The van der Waals surface area contributed by atoms with Crippen molar-refractivity contribution in [3.8, 4) is 11.5 Å². The summed E-state index contributed by atoms with van der Waals surface area (Å²) in [5, 5.41) is 18.7. The van der Waals surface area contributed by atoms with Crippen molar-refractivity contribution in [3.63, 3.8) is 0 Å². The Balaban J connectivity index is 3.33. The fourth-order valence-corrected chi connectivity index (χ4v) is 1.54. The Morgan fingerprint density at radius 3 is 2.57 bits per heavy atom. The minimum absolute atomic E-state index is 0.0344. The van der Waals surface area contributed by atoms with E-state index in [9.17, 15) is 9.50 Å². The van der Waals surface area contributed by atoms with Crippen molar-refractivity contribution in [1.29, 1.82) is 0 Å². The van der Waals surface area contributed by atoms with Crippen molar-refractivity contribution in [1.82, 2.24) is 0 Å². The summed E-state index contributed by atoms with van der Waals surface area (Å²) in [7, 11) is 0. The molecule has 0 saturated heterocycles. The first-order valence-electron chi connectivity index (χ1n) is 4.09. The Morgan fingerprint density at radius 2 is 2.07 bits per heavy atom. The summed E-state index contributed by atoms with van der Waals surface area (Å²) in [6, 6.07) is 1.09. The highest BCUT2D eigenvalue weighted by Crippen LogP contribution is 2.40. The Morgan fingerprint density at radius 1 is 1.50 bits per heavy atom. The van der Waals surface area contributed by atoms with Crippen LogP contribution in [0.2, 0.25) is 0 Å². The summed E-state index contributed by atoms with van der Waals surface area (Å²) in [6.07, 6.45) is 0. The van der Waals surface area contributed by atoms with Crippen LogP contribution in [0.3, 0.4) is 0 Å². The van der Waals surface area contributed by atoms with Gasteiger partial charge in [0, 0.05) is 5.56 Å². The predicted octanol–water partition coefficient (Wildman–Crippen LogP) is 2.06. The first-order chi connectivity index (χ1) is 6.49. The van der Waals surface area contributed by atoms with Gasteiger partial charge in [-0.25, -0.2) is 4.39 Å². The lowest BCUT2D eigenvalue weighted by atomic mass is 10.00. The zero-order valence-electron chi connectivity index (χ0n) is 7.59.